The number of benzene rings is 2. The number of sulfonamides is 1. The number of amides is 1. The summed E-state index contributed by atoms with van der Waals surface area (Å²) in [6, 6.07) is 10.0. The van der Waals surface area contributed by atoms with Crippen LogP contribution in [0.2, 0.25) is 5.02 Å². The monoisotopic (exact) mass is 468 g/mol. The highest BCUT2D eigenvalue weighted by molar-refractivity contribution is 7.99. The van der Waals surface area contributed by atoms with Crippen molar-refractivity contribution < 1.29 is 17.9 Å². The number of nitrogens with two attached hydrogens (primary N) is 1. The van der Waals surface area contributed by atoms with Gasteiger partial charge in [0, 0.05) is 24.4 Å². The van der Waals surface area contributed by atoms with Crippen LogP contribution < -0.4 is 10.5 Å². The number of hydrogen-bond donors (Lipinski definition) is 2. The summed E-state index contributed by atoms with van der Waals surface area (Å²) in [5.41, 5.74) is 2.50. The number of carbonyl (C=O) groups excluding carboxylic acids is 1. The molecule has 0 fully saturated rings. The minimum atomic E-state index is -3.87. The molecule has 0 aliphatic carbocycles. The molecule has 3 aromatic rings. The molecule has 0 saturated heterocycles. The average molecular weight is 469 g/mol. The molecule has 1 heterocycles. The highest BCUT2D eigenvalue weighted by Crippen LogP contribution is 2.27. The maximum Gasteiger partial charge on any atom is 0.238 e. The number of hydrogen-bond acceptors (Lipinski definition) is 6. The zero-order valence-electron chi connectivity index (χ0n) is 16.4. The van der Waals surface area contributed by atoms with Crippen molar-refractivity contribution in [1.29, 1.82) is 0 Å². The summed E-state index contributed by atoms with van der Waals surface area (Å²) >= 11 is 7.33. The zero-order valence-corrected chi connectivity index (χ0v) is 18.8. The van der Waals surface area contributed by atoms with Gasteiger partial charge in [-0.3, -0.25) is 4.79 Å². The van der Waals surface area contributed by atoms with Gasteiger partial charge in [0.2, 0.25) is 15.9 Å². The lowest BCUT2D eigenvalue weighted by atomic mass is 10.2. The lowest BCUT2D eigenvalue weighted by molar-refractivity contribution is -0.113. The van der Waals surface area contributed by atoms with Crippen molar-refractivity contribution in [3.63, 3.8) is 0 Å². The number of aryl methyl sites for hydroxylation is 1. The zero-order chi connectivity index (χ0) is 21.9. The summed E-state index contributed by atoms with van der Waals surface area (Å²) in [6.07, 6.45) is 0. The van der Waals surface area contributed by atoms with Gasteiger partial charge in [0.25, 0.3) is 0 Å². The van der Waals surface area contributed by atoms with Crippen molar-refractivity contribution in [3.8, 4) is 0 Å². The van der Waals surface area contributed by atoms with Crippen molar-refractivity contribution in [1.82, 2.24) is 9.55 Å². The van der Waals surface area contributed by atoms with Gasteiger partial charge in [0.1, 0.15) is 0 Å². The summed E-state index contributed by atoms with van der Waals surface area (Å²) in [7, 11) is -2.25. The fourth-order valence-electron chi connectivity index (χ4n) is 2.90. The van der Waals surface area contributed by atoms with E-state index in [0.717, 1.165) is 11.0 Å². The number of nitrogens with zero attached hydrogens (tertiary/aromatic N) is 2. The highest BCUT2D eigenvalue weighted by atomic mass is 35.5. The number of aromatic nitrogens is 2. The SMILES string of the molecule is COCCn1c(SCC(=O)Nc2ccc(C)c(S(N)(=O)=O)c2)nc2cc(Cl)ccc21. The average Bonchev–Trinajstić information content (AvgIpc) is 3.01. The fraction of sp³-hybridized carbons (Fsp3) is 0.263. The summed E-state index contributed by atoms with van der Waals surface area (Å²) in [5.74, 6) is -0.213. The quantitative estimate of drug-likeness (QED) is 0.491. The number of thioether (sulfide) groups is 1. The standard InChI is InChI=1S/C19H21ClN4O4S2/c1-12-3-5-14(10-17(12)30(21,26)27)22-18(25)11-29-19-23-15-9-13(20)4-6-16(15)24(19)7-8-28-2/h3-6,9-10H,7-8,11H2,1-2H3,(H,22,25)(H2,21,26,27). The van der Waals surface area contributed by atoms with Crippen LogP contribution in [0.3, 0.4) is 0 Å². The molecule has 160 valence electrons. The normalized spacial score (nSPS) is 11.7. The Kier molecular flexibility index (Phi) is 7.04. The van der Waals surface area contributed by atoms with E-state index in [1.54, 1.807) is 38.3 Å². The number of primary sulfonamides is 1. The van der Waals surface area contributed by atoms with Crippen LogP contribution in [0.25, 0.3) is 11.0 Å². The Morgan fingerprint density at radius 3 is 2.77 bits per heavy atom. The molecule has 0 spiro atoms. The summed E-state index contributed by atoms with van der Waals surface area (Å²) < 4.78 is 30.5. The molecule has 30 heavy (non-hydrogen) atoms. The van der Waals surface area contributed by atoms with Crippen molar-refractivity contribution in [2.24, 2.45) is 5.14 Å². The van der Waals surface area contributed by atoms with Crippen LogP contribution in [0.4, 0.5) is 5.69 Å². The molecule has 1 amide bonds. The molecule has 2 aromatic carbocycles. The van der Waals surface area contributed by atoms with Crippen LogP contribution in [0.1, 0.15) is 5.56 Å². The predicted molar refractivity (Wildman–Crippen MR) is 119 cm³/mol. The molecule has 3 N–H and O–H groups in total. The molecule has 11 heteroatoms. The van der Waals surface area contributed by atoms with E-state index in [9.17, 15) is 13.2 Å². The van der Waals surface area contributed by atoms with Gasteiger partial charge in [0.05, 0.1) is 28.3 Å². The number of ether oxygens (including phenoxy) is 1. The molecule has 8 nitrogen and oxygen atoms in total. The Morgan fingerprint density at radius 2 is 2.07 bits per heavy atom. The van der Waals surface area contributed by atoms with Gasteiger partial charge in [-0.2, -0.15) is 0 Å². The summed E-state index contributed by atoms with van der Waals surface area (Å²) in [5, 5.41) is 9.16. The van der Waals surface area contributed by atoms with E-state index in [1.807, 2.05) is 10.6 Å². The van der Waals surface area contributed by atoms with E-state index in [0.29, 0.717) is 34.6 Å². The summed E-state index contributed by atoms with van der Waals surface area (Å²) in [6.45, 7) is 2.71. The Bertz CT molecular complexity index is 1190. The van der Waals surface area contributed by atoms with Crippen LogP contribution in [0.5, 0.6) is 0 Å². The lowest BCUT2D eigenvalue weighted by Crippen LogP contribution is -2.17. The van der Waals surface area contributed by atoms with Gasteiger partial charge in [-0.1, -0.05) is 29.4 Å². The van der Waals surface area contributed by atoms with Crippen LogP contribution in [0, 0.1) is 6.92 Å². The molecule has 1 aromatic heterocycles. The molecular weight excluding hydrogens is 448 g/mol. The van der Waals surface area contributed by atoms with E-state index in [2.05, 4.69) is 10.3 Å². The van der Waals surface area contributed by atoms with Crippen molar-refractivity contribution in [3.05, 3.63) is 47.0 Å². The number of carbonyl (C=O) groups is 1. The molecule has 3 rings (SSSR count). The first-order chi connectivity index (χ1) is 14.2. The van der Waals surface area contributed by atoms with Gasteiger partial charge >= 0.3 is 0 Å². The molecule has 0 atom stereocenters. The predicted octanol–water partition coefficient (Wildman–Crippen LogP) is 3.02. The first kappa shape index (κ1) is 22.6. The van der Waals surface area contributed by atoms with Gasteiger partial charge in [-0.05, 0) is 42.8 Å². The molecule has 0 aliphatic rings. The third-order valence-electron chi connectivity index (χ3n) is 4.31. The second kappa shape index (κ2) is 9.36. The molecule has 0 saturated carbocycles. The largest absolute Gasteiger partial charge is 0.383 e. The Hall–Kier alpha value is -2.11. The molecule has 0 bridgehead atoms. The maximum atomic E-state index is 12.4. The highest BCUT2D eigenvalue weighted by Gasteiger charge is 2.15. The first-order valence-corrected chi connectivity index (χ1v) is 11.8. The van der Waals surface area contributed by atoms with Crippen LogP contribution >= 0.6 is 23.4 Å². The minimum Gasteiger partial charge on any atom is -0.383 e. The topological polar surface area (TPSA) is 116 Å². The minimum absolute atomic E-state index is 0.0220. The number of imidazole rings is 1. The number of nitrogens with one attached hydrogen (secondary N) is 1. The molecule has 0 radical (unpaired) electrons. The van der Waals surface area contributed by atoms with Crippen molar-refractivity contribution in [2.45, 2.75) is 23.5 Å². The third kappa shape index (κ3) is 5.32. The second-order valence-corrected chi connectivity index (χ2v) is 9.44. The molecular formula is C19H21ClN4O4S2. The van der Waals surface area contributed by atoms with Gasteiger partial charge in [0.15, 0.2) is 5.16 Å². The van der Waals surface area contributed by atoms with E-state index in [-0.39, 0.29) is 16.6 Å². The van der Waals surface area contributed by atoms with Crippen molar-refractivity contribution >= 4 is 56.0 Å². The van der Waals surface area contributed by atoms with Crippen LogP contribution in [-0.2, 0) is 26.1 Å². The number of anilines is 1. The fourth-order valence-corrected chi connectivity index (χ4v) is 4.72. The number of rotatable bonds is 8. The lowest BCUT2D eigenvalue weighted by Gasteiger charge is -2.10. The first-order valence-electron chi connectivity index (χ1n) is 8.90. The maximum absolute atomic E-state index is 12.4. The Balaban J connectivity index is 1.75. The van der Waals surface area contributed by atoms with Crippen LogP contribution in [-0.4, -0.2) is 43.3 Å². The third-order valence-corrected chi connectivity index (χ3v) is 6.57. The van der Waals surface area contributed by atoms with Crippen LogP contribution in [0.15, 0.2) is 46.5 Å². The van der Waals surface area contributed by atoms with Gasteiger partial charge < -0.3 is 14.6 Å². The summed E-state index contributed by atoms with van der Waals surface area (Å²) in [4.78, 5) is 17.0. The Morgan fingerprint density at radius 1 is 1.30 bits per heavy atom. The number of methoxy groups -OCH3 is 1. The molecule has 0 unspecified atom stereocenters. The van der Waals surface area contributed by atoms with Gasteiger partial charge in [-0.15, -0.1) is 0 Å². The van der Waals surface area contributed by atoms with Gasteiger partial charge in [-0.25, -0.2) is 18.5 Å². The van der Waals surface area contributed by atoms with E-state index < -0.39 is 10.0 Å². The van der Waals surface area contributed by atoms with Crippen molar-refractivity contribution in [2.75, 3.05) is 24.8 Å². The Labute approximate surface area is 183 Å². The number of fused-ring (bicyclic) bond motifs is 1. The smallest absolute Gasteiger partial charge is 0.238 e. The second-order valence-electron chi connectivity index (χ2n) is 6.53. The van der Waals surface area contributed by atoms with E-state index in [4.69, 9.17) is 21.5 Å². The number of halogens is 1. The van der Waals surface area contributed by atoms with E-state index in [1.165, 1.54) is 17.8 Å². The van der Waals surface area contributed by atoms with E-state index >= 15 is 0 Å². The molecule has 0 aliphatic heterocycles.